The fraction of sp³-hybridized carbons (Fsp3) is 0.312. The Balaban J connectivity index is 2.19. The van der Waals surface area contributed by atoms with Crippen molar-refractivity contribution < 1.29 is 9.59 Å². The number of amides is 2. The minimum Gasteiger partial charge on any atom is -0.357 e. The molecular weight excluding hydrogens is 310 g/mol. The van der Waals surface area contributed by atoms with E-state index >= 15 is 0 Å². The van der Waals surface area contributed by atoms with Gasteiger partial charge in [-0.3, -0.25) is 19.4 Å². The van der Waals surface area contributed by atoms with E-state index in [4.69, 9.17) is 0 Å². The minimum absolute atomic E-state index is 0.155. The van der Waals surface area contributed by atoms with E-state index in [1.807, 2.05) is 0 Å². The normalized spacial score (nSPS) is 11.6. The van der Waals surface area contributed by atoms with Crippen LogP contribution >= 0.6 is 0 Å². The summed E-state index contributed by atoms with van der Waals surface area (Å²) in [7, 11) is 1.49. The molecule has 126 valence electrons. The molecule has 8 heteroatoms. The molecule has 3 N–H and O–H groups in total. The lowest BCUT2D eigenvalue weighted by Crippen LogP contribution is -2.44. The standard InChI is InChI=1S/C16H19N5O3/c1-9-11(8-13(22)19-10(2)15(23)17-3)16(24)21-14(20-9)12-6-4-5-7-18-12/h4-7,10H,8H2,1-3H3,(H,17,23)(H,19,22)(H,20,21,24)/t10-/m0/s1. The molecule has 0 spiro atoms. The predicted molar refractivity (Wildman–Crippen MR) is 88.2 cm³/mol. The van der Waals surface area contributed by atoms with Crippen molar-refractivity contribution in [3.8, 4) is 11.5 Å². The monoisotopic (exact) mass is 329 g/mol. The van der Waals surface area contributed by atoms with E-state index < -0.39 is 17.5 Å². The summed E-state index contributed by atoms with van der Waals surface area (Å²) in [4.78, 5) is 46.8. The van der Waals surface area contributed by atoms with Gasteiger partial charge in [-0.1, -0.05) is 6.07 Å². The van der Waals surface area contributed by atoms with Crippen molar-refractivity contribution in [1.29, 1.82) is 0 Å². The molecule has 24 heavy (non-hydrogen) atoms. The number of aromatic amines is 1. The lowest BCUT2D eigenvalue weighted by atomic mass is 10.1. The van der Waals surface area contributed by atoms with Gasteiger partial charge in [0.1, 0.15) is 11.7 Å². The fourth-order valence-electron chi connectivity index (χ4n) is 2.18. The van der Waals surface area contributed by atoms with Gasteiger partial charge in [0.15, 0.2) is 5.82 Å². The Bertz CT molecular complexity index is 801. The molecule has 0 fully saturated rings. The number of hydrogen-bond donors (Lipinski definition) is 3. The molecule has 0 unspecified atom stereocenters. The minimum atomic E-state index is -0.678. The number of pyridine rings is 1. The number of carbonyl (C=O) groups excluding carboxylic acids is 2. The summed E-state index contributed by atoms with van der Waals surface area (Å²) in [6.07, 6.45) is 1.45. The Morgan fingerprint density at radius 1 is 1.33 bits per heavy atom. The lowest BCUT2D eigenvalue weighted by molar-refractivity contribution is -0.128. The van der Waals surface area contributed by atoms with Gasteiger partial charge in [0, 0.05) is 24.5 Å². The molecule has 2 aromatic heterocycles. The van der Waals surface area contributed by atoms with Crippen LogP contribution in [0.15, 0.2) is 29.2 Å². The van der Waals surface area contributed by atoms with Crippen LogP contribution in [0.3, 0.4) is 0 Å². The van der Waals surface area contributed by atoms with Gasteiger partial charge < -0.3 is 15.6 Å². The molecule has 2 amide bonds. The van der Waals surface area contributed by atoms with Crippen molar-refractivity contribution in [2.45, 2.75) is 26.3 Å². The average molecular weight is 329 g/mol. The van der Waals surface area contributed by atoms with Crippen LogP contribution in [0.1, 0.15) is 18.2 Å². The number of H-pyrrole nitrogens is 1. The summed E-state index contributed by atoms with van der Waals surface area (Å²) in [6.45, 7) is 3.22. The van der Waals surface area contributed by atoms with E-state index in [-0.39, 0.29) is 17.9 Å². The van der Waals surface area contributed by atoms with Crippen molar-refractivity contribution in [1.82, 2.24) is 25.6 Å². The molecule has 2 aromatic rings. The SMILES string of the molecule is CNC(=O)[C@H](C)NC(=O)Cc1c(C)nc(-c2ccccn2)[nH]c1=O. The van der Waals surface area contributed by atoms with Crippen LogP contribution in [0, 0.1) is 6.92 Å². The first-order valence-electron chi connectivity index (χ1n) is 7.44. The number of nitrogens with one attached hydrogen (secondary N) is 3. The van der Waals surface area contributed by atoms with Crippen LogP contribution in [0.5, 0.6) is 0 Å². The Morgan fingerprint density at radius 3 is 2.67 bits per heavy atom. The Labute approximate surface area is 138 Å². The van der Waals surface area contributed by atoms with Crippen molar-refractivity contribution in [2.24, 2.45) is 0 Å². The van der Waals surface area contributed by atoms with Gasteiger partial charge in [-0.2, -0.15) is 0 Å². The van der Waals surface area contributed by atoms with Crippen LogP contribution in [-0.2, 0) is 16.0 Å². The number of aryl methyl sites for hydroxylation is 1. The third kappa shape index (κ3) is 4.03. The maximum Gasteiger partial charge on any atom is 0.255 e. The lowest BCUT2D eigenvalue weighted by Gasteiger charge is -2.12. The molecule has 0 aliphatic rings. The van der Waals surface area contributed by atoms with E-state index in [1.54, 1.807) is 38.2 Å². The molecule has 0 radical (unpaired) electrons. The van der Waals surface area contributed by atoms with Crippen molar-refractivity contribution in [2.75, 3.05) is 7.05 Å². The average Bonchev–Trinajstić information content (AvgIpc) is 2.57. The maximum atomic E-state index is 12.3. The van der Waals surface area contributed by atoms with Crippen LogP contribution in [-0.4, -0.2) is 39.9 Å². The van der Waals surface area contributed by atoms with Gasteiger partial charge >= 0.3 is 0 Å². The van der Waals surface area contributed by atoms with Crippen LogP contribution in [0.2, 0.25) is 0 Å². The first-order chi connectivity index (χ1) is 11.4. The number of carbonyl (C=O) groups is 2. The zero-order chi connectivity index (χ0) is 17.7. The summed E-state index contributed by atoms with van der Waals surface area (Å²) in [5.74, 6) is -0.384. The molecule has 0 aliphatic carbocycles. The second-order valence-corrected chi connectivity index (χ2v) is 5.27. The van der Waals surface area contributed by atoms with Gasteiger partial charge in [-0.25, -0.2) is 4.98 Å². The Morgan fingerprint density at radius 2 is 2.08 bits per heavy atom. The molecule has 0 aliphatic heterocycles. The highest BCUT2D eigenvalue weighted by molar-refractivity contribution is 5.87. The van der Waals surface area contributed by atoms with Crippen LogP contribution in [0.4, 0.5) is 0 Å². The molecule has 2 rings (SSSR count). The Hall–Kier alpha value is -3.03. The molecule has 1 atom stereocenters. The van der Waals surface area contributed by atoms with E-state index in [0.717, 1.165) is 0 Å². The van der Waals surface area contributed by atoms with E-state index in [2.05, 4.69) is 25.6 Å². The molecule has 0 saturated carbocycles. The molecule has 2 heterocycles. The fourth-order valence-corrected chi connectivity index (χ4v) is 2.18. The second-order valence-electron chi connectivity index (χ2n) is 5.27. The second kappa shape index (κ2) is 7.49. The van der Waals surface area contributed by atoms with E-state index in [9.17, 15) is 14.4 Å². The largest absolute Gasteiger partial charge is 0.357 e. The first-order valence-corrected chi connectivity index (χ1v) is 7.44. The molecular formula is C16H19N5O3. The highest BCUT2D eigenvalue weighted by Crippen LogP contribution is 2.11. The Kier molecular flexibility index (Phi) is 5.41. The molecule has 0 saturated heterocycles. The number of likely N-dealkylation sites (N-methyl/N-ethyl adjacent to an activating group) is 1. The van der Waals surface area contributed by atoms with E-state index in [0.29, 0.717) is 17.2 Å². The highest BCUT2D eigenvalue weighted by atomic mass is 16.2. The van der Waals surface area contributed by atoms with Crippen LogP contribution < -0.4 is 16.2 Å². The molecule has 0 aromatic carbocycles. The topological polar surface area (TPSA) is 117 Å². The smallest absolute Gasteiger partial charge is 0.255 e. The third-order valence-corrected chi connectivity index (χ3v) is 3.48. The molecule has 0 bridgehead atoms. The zero-order valence-electron chi connectivity index (χ0n) is 13.7. The summed E-state index contributed by atoms with van der Waals surface area (Å²) in [5, 5.41) is 4.98. The zero-order valence-corrected chi connectivity index (χ0v) is 13.7. The van der Waals surface area contributed by atoms with Gasteiger partial charge in [-0.05, 0) is 26.0 Å². The molecule has 8 nitrogen and oxygen atoms in total. The van der Waals surface area contributed by atoms with Crippen molar-refractivity contribution >= 4 is 11.8 Å². The van der Waals surface area contributed by atoms with Gasteiger partial charge in [0.25, 0.3) is 5.56 Å². The summed E-state index contributed by atoms with van der Waals surface area (Å²) >= 11 is 0. The van der Waals surface area contributed by atoms with Crippen LogP contribution in [0.25, 0.3) is 11.5 Å². The third-order valence-electron chi connectivity index (χ3n) is 3.48. The quantitative estimate of drug-likeness (QED) is 0.710. The number of rotatable bonds is 5. The first kappa shape index (κ1) is 17.3. The van der Waals surface area contributed by atoms with Gasteiger partial charge in [0.2, 0.25) is 11.8 Å². The summed E-state index contributed by atoms with van der Waals surface area (Å²) in [5.41, 5.74) is 0.853. The van der Waals surface area contributed by atoms with Crippen molar-refractivity contribution in [3.05, 3.63) is 46.0 Å². The number of hydrogen-bond acceptors (Lipinski definition) is 5. The predicted octanol–water partition coefficient (Wildman–Crippen LogP) is -0.0665. The number of nitrogens with zero attached hydrogens (tertiary/aromatic N) is 2. The summed E-state index contributed by atoms with van der Waals surface area (Å²) in [6, 6.07) is 4.61. The maximum absolute atomic E-state index is 12.3. The summed E-state index contributed by atoms with van der Waals surface area (Å²) < 4.78 is 0. The van der Waals surface area contributed by atoms with Crippen molar-refractivity contribution in [3.63, 3.8) is 0 Å². The highest BCUT2D eigenvalue weighted by Gasteiger charge is 2.17. The number of aromatic nitrogens is 3. The van der Waals surface area contributed by atoms with E-state index in [1.165, 1.54) is 7.05 Å². The van der Waals surface area contributed by atoms with Gasteiger partial charge in [-0.15, -0.1) is 0 Å². The van der Waals surface area contributed by atoms with Gasteiger partial charge in [0.05, 0.1) is 6.42 Å².